The van der Waals surface area contributed by atoms with Gasteiger partial charge in [-0.2, -0.15) is 0 Å². The summed E-state index contributed by atoms with van der Waals surface area (Å²) < 4.78 is 0. The number of urea groups is 1. The molecule has 0 unspecified atom stereocenters. The van der Waals surface area contributed by atoms with Gasteiger partial charge in [-0.15, -0.1) is 0 Å². The first-order chi connectivity index (χ1) is 8.45. The highest BCUT2D eigenvalue weighted by Crippen LogP contribution is 2.30. The largest absolute Gasteiger partial charge is 0.481 e. The summed E-state index contributed by atoms with van der Waals surface area (Å²) in [5.74, 6) is -1.31. The van der Waals surface area contributed by atoms with Gasteiger partial charge < -0.3 is 20.6 Å². The molecule has 0 aromatic rings. The van der Waals surface area contributed by atoms with Crippen molar-refractivity contribution in [3.8, 4) is 0 Å². The first-order valence-electron chi connectivity index (χ1n) is 5.93. The minimum absolute atomic E-state index is 0.0914. The van der Waals surface area contributed by atoms with Crippen molar-refractivity contribution < 1.29 is 19.5 Å². The van der Waals surface area contributed by atoms with Crippen LogP contribution in [-0.2, 0) is 9.59 Å². The van der Waals surface area contributed by atoms with E-state index in [-0.39, 0.29) is 12.5 Å². The van der Waals surface area contributed by atoms with Gasteiger partial charge in [0.25, 0.3) is 0 Å². The molecule has 7 nitrogen and oxygen atoms in total. The molecule has 0 radical (unpaired) electrons. The summed E-state index contributed by atoms with van der Waals surface area (Å²) >= 11 is 0. The molecule has 0 heterocycles. The molecule has 0 saturated carbocycles. The zero-order chi connectivity index (χ0) is 15.4. The van der Waals surface area contributed by atoms with Crippen molar-refractivity contribution in [1.29, 1.82) is 0 Å². The Morgan fingerprint density at radius 2 is 1.63 bits per heavy atom. The quantitative estimate of drug-likeness (QED) is 0.669. The number of amides is 3. The average molecular weight is 273 g/mol. The number of hydrogen-bond donors (Lipinski definition) is 3. The number of aliphatic carboxylic acids is 1. The molecule has 19 heavy (non-hydrogen) atoms. The Balaban J connectivity index is 4.80. The van der Waals surface area contributed by atoms with Crippen LogP contribution in [0.3, 0.4) is 0 Å². The van der Waals surface area contributed by atoms with Crippen molar-refractivity contribution in [3.63, 3.8) is 0 Å². The van der Waals surface area contributed by atoms with Crippen molar-refractivity contribution in [3.05, 3.63) is 0 Å². The summed E-state index contributed by atoms with van der Waals surface area (Å²) in [4.78, 5) is 35.5. The lowest BCUT2D eigenvalue weighted by Gasteiger charge is -2.39. The molecule has 0 aromatic carbocycles. The van der Waals surface area contributed by atoms with E-state index >= 15 is 0 Å². The van der Waals surface area contributed by atoms with Crippen LogP contribution in [0.5, 0.6) is 0 Å². The van der Waals surface area contributed by atoms with E-state index in [0.717, 1.165) is 0 Å². The molecule has 110 valence electrons. The van der Waals surface area contributed by atoms with Gasteiger partial charge in [0.1, 0.15) is 6.54 Å². The number of rotatable bonds is 5. The maximum Gasteiger partial charge on any atom is 0.318 e. The summed E-state index contributed by atoms with van der Waals surface area (Å²) in [5.41, 5.74) is -2.11. The van der Waals surface area contributed by atoms with Gasteiger partial charge >= 0.3 is 12.0 Å². The first kappa shape index (κ1) is 17.2. The van der Waals surface area contributed by atoms with Gasteiger partial charge in [0.2, 0.25) is 5.91 Å². The SMILES string of the molecule is CNC(=O)CN(C)C(=O)NC(C)(C)C(C)(C)C(=O)O. The Morgan fingerprint density at radius 3 is 2.00 bits per heavy atom. The molecule has 0 saturated heterocycles. The maximum atomic E-state index is 11.9. The smallest absolute Gasteiger partial charge is 0.318 e. The molecule has 3 amide bonds. The van der Waals surface area contributed by atoms with E-state index in [1.165, 1.54) is 32.8 Å². The van der Waals surface area contributed by atoms with Crippen molar-refractivity contribution >= 4 is 17.9 Å². The number of carbonyl (C=O) groups is 3. The third-order valence-corrected chi connectivity index (χ3v) is 3.52. The van der Waals surface area contributed by atoms with Crippen LogP contribution in [0.2, 0.25) is 0 Å². The lowest BCUT2D eigenvalue weighted by molar-refractivity contribution is -0.150. The van der Waals surface area contributed by atoms with Gasteiger partial charge in [-0.3, -0.25) is 9.59 Å². The summed E-state index contributed by atoms with van der Waals surface area (Å²) in [6.07, 6.45) is 0. The van der Waals surface area contributed by atoms with Crippen molar-refractivity contribution in [2.45, 2.75) is 33.2 Å². The lowest BCUT2D eigenvalue weighted by Crippen LogP contribution is -2.59. The molecule has 0 aromatic heterocycles. The molecular formula is C12H23N3O4. The fourth-order valence-corrected chi connectivity index (χ4v) is 1.15. The lowest BCUT2D eigenvalue weighted by atomic mass is 9.74. The monoisotopic (exact) mass is 273 g/mol. The van der Waals surface area contributed by atoms with Gasteiger partial charge in [0.15, 0.2) is 0 Å². The molecule has 0 fully saturated rings. The number of carboxylic acids is 1. The first-order valence-corrected chi connectivity index (χ1v) is 5.93. The van der Waals surface area contributed by atoms with Crippen LogP contribution in [0.25, 0.3) is 0 Å². The number of hydrogen-bond acceptors (Lipinski definition) is 3. The Hall–Kier alpha value is -1.79. The molecule has 0 aliphatic heterocycles. The van der Waals surface area contributed by atoms with Gasteiger partial charge in [-0.1, -0.05) is 0 Å². The van der Waals surface area contributed by atoms with Crippen LogP contribution < -0.4 is 10.6 Å². The molecule has 0 aliphatic rings. The highest BCUT2D eigenvalue weighted by atomic mass is 16.4. The third-order valence-electron chi connectivity index (χ3n) is 3.52. The molecule has 0 atom stereocenters. The van der Waals surface area contributed by atoms with Crippen molar-refractivity contribution in [2.75, 3.05) is 20.6 Å². The molecule has 3 N–H and O–H groups in total. The second-order valence-electron chi connectivity index (χ2n) is 5.51. The van der Waals surface area contributed by atoms with Gasteiger partial charge in [0.05, 0.1) is 11.0 Å². The standard InChI is InChI=1S/C12H23N3O4/c1-11(2,9(17)18)12(3,4)14-10(19)15(6)7-8(16)13-5/h7H2,1-6H3,(H,13,16)(H,14,19)(H,17,18). The van der Waals surface area contributed by atoms with Crippen LogP contribution >= 0.6 is 0 Å². The highest BCUT2D eigenvalue weighted by molar-refractivity contribution is 5.84. The summed E-state index contributed by atoms with van der Waals surface area (Å²) in [7, 11) is 2.94. The molecular weight excluding hydrogens is 250 g/mol. The van der Waals surface area contributed by atoms with Gasteiger partial charge in [-0.05, 0) is 27.7 Å². The fourth-order valence-electron chi connectivity index (χ4n) is 1.15. The van der Waals surface area contributed by atoms with E-state index in [2.05, 4.69) is 10.6 Å². The van der Waals surface area contributed by atoms with Gasteiger partial charge in [-0.25, -0.2) is 4.79 Å². The van der Waals surface area contributed by atoms with Crippen LogP contribution in [-0.4, -0.2) is 54.1 Å². The number of nitrogens with zero attached hydrogens (tertiary/aromatic N) is 1. The zero-order valence-corrected chi connectivity index (χ0v) is 12.3. The van der Waals surface area contributed by atoms with E-state index in [9.17, 15) is 19.5 Å². The number of carboxylic acid groups (broad SMARTS) is 1. The van der Waals surface area contributed by atoms with E-state index < -0.39 is 23.0 Å². The minimum atomic E-state index is -1.14. The topological polar surface area (TPSA) is 98.7 Å². The second kappa shape index (κ2) is 5.90. The summed E-state index contributed by atoms with van der Waals surface area (Å²) in [6.45, 7) is 6.24. The number of carbonyl (C=O) groups excluding carboxylic acids is 2. The predicted octanol–water partition coefficient (Wildman–Crippen LogP) is 0.263. The Morgan fingerprint density at radius 1 is 1.16 bits per heavy atom. The Labute approximate surface area is 113 Å². The van der Waals surface area contributed by atoms with Crippen LogP contribution in [0.15, 0.2) is 0 Å². The van der Waals surface area contributed by atoms with Crippen molar-refractivity contribution in [2.24, 2.45) is 5.41 Å². The molecule has 0 rings (SSSR count). The molecule has 7 heteroatoms. The summed E-state index contributed by atoms with van der Waals surface area (Å²) in [5, 5.41) is 14.2. The van der Waals surface area contributed by atoms with Crippen molar-refractivity contribution in [1.82, 2.24) is 15.5 Å². The number of nitrogens with one attached hydrogen (secondary N) is 2. The Kier molecular flexibility index (Phi) is 5.34. The minimum Gasteiger partial charge on any atom is -0.481 e. The molecule has 0 bridgehead atoms. The van der Waals surface area contributed by atoms with E-state index in [1.54, 1.807) is 13.8 Å². The fraction of sp³-hybridized carbons (Fsp3) is 0.750. The normalized spacial score (nSPS) is 11.7. The van der Waals surface area contributed by atoms with Gasteiger partial charge in [0, 0.05) is 14.1 Å². The summed E-state index contributed by atoms with van der Waals surface area (Å²) in [6, 6.07) is -0.497. The predicted molar refractivity (Wildman–Crippen MR) is 70.7 cm³/mol. The maximum absolute atomic E-state index is 11.9. The van der Waals surface area contributed by atoms with Crippen LogP contribution in [0.1, 0.15) is 27.7 Å². The van der Waals surface area contributed by atoms with Crippen LogP contribution in [0.4, 0.5) is 4.79 Å². The molecule has 0 spiro atoms. The third kappa shape index (κ3) is 4.11. The van der Waals surface area contributed by atoms with E-state index in [4.69, 9.17) is 0 Å². The molecule has 0 aliphatic carbocycles. The zero-order valence-electron chi connectivity index (χ0n) is 12.3. The van der Waals surface area contributed by atoms with E-state index in [1.807, 2.05) is 0 Å². The second-order valence-corrected chi connectivity index (χ2v) is 5.51. The highest BCUT2D eigenvalue weighted by Gasteiger charge is 2.44. The van der Waals surface area contributed by atoms with E-state index in [0.29, 0.717) is 0 Å². The number of likely N-dealkylation sites (N-methyl/N-ethyl adjacent to an activating group) is 2. The Bertz CT molecular complexity index is 377. The average Bonchev–Trinajstić information content (AvgIpc) is 2.27. The van der Waals surface area contributed by atoms with Crippen LogP contribution in [0, 0.1) is 5.41 Å².